The Morgan fingerprint density at radius 2 is 1.60 bits per heavy atom. The molecule has 0 aliphatic rings. The van der Waals surface area contributed by atoms with Crippen LogP contribution >= 0.6 is 0 Å². The quantitative estimate of drug-likeness (QED) is 0.794. The number of aliphatic hydroxyl groups excluding tert-OH is 1. The van der Waals surface area contributed by atoms with Crippen LogP contribution in [0.15, 0.2) is 18.2 Å². The predicted octanol–water partition coefficient (Wildman–Crippen LogP) is 3.33. The van der Waals surface area contributed by atoms with Crippen molar-refractivity contribution in [1.29, 1.82) is 0 Å². The maximum absolute atomic E-state index is 10.5. The van der Waals surface area contributed by atoms with Gasteiger partial charge in [0, 0.05) is 6.61 Å². The third kappa shape index (κ3) is 4.12. The molecule has 0 aliphatic carbocycles. The van der Waals surface area contributed by atoms with Crippen molar-refractivity contribution in [2.45, 2.75) is 46.3 Å². The smallest absolute Gasteiger partial charge is 0.161 e. The lowest BCUT2D eigenvalue weighted by Crippen LogP contribution is -2.32. The highest BCUT2D eigenvalue weighted by Crippen LogP contribution is 2.35. The molecule has 0 saturated carbocycles. The van der Waals surface area contributed by atoms with Gasteiger partial charge in [-0.2, -0.15) is 0 Å². The van der Waals surface area contributed by atoms with Crippen LogP contribution in [0.1, 0.15) is 46.3 Å². The maximum atomic E-state index is 10.5. The van der Waals surface area contributed by atoms with E-state index in [9.17, 15) is 5.11 Å². The Kier molecular flexibility index (Phi) is 6.30. The molecule has 1 rings (SSSR count). The molecule has 0 aromatic heterocycles. The molecule has 0 bridgehead atoms. The normalized spacial score (nSPS) is 13.1. The minimum atomic E-state index is -0.725. The SMILES string of the molecule is CCOc1ccc(C(O)C(C)(C)OCC)cc1OCC. The van der Waals surface area contributed by atoms with Crippen molar-refractivity contribution in [3.63, 3.8) is 0 Å². The van der Waals surface area contributed by atoms with Crippen molar-refractivity contribution in [3.05, 3.63) is 23.8 Å². The van der Waals surface area contributed by atoms with E-state index < -0.39 is 11.7 Å². The highest BCUT2D eigenvalue weighted by atomic mass is 16.5. The minimum absolute atomic E-state index is 0.550. The number of ether oxygens (including phenoxy) is 3. The molecule has 1 unspecified atom stereocenters. The Morgan fingerprint density at radius 1 is 1.00 bits per heavy atom. The highest BCUT2D eigenvalue weighted by Gasteiger charge is 2.30. The van der Waals surface area contributed by atoms with Crippen LogP contribution in [0, 0.1) is 0 Å². The average Bonchev–Trinajstić information content (AvgIpc) is 2.40. The van der Waals surface area contributed by atoms with Crippen LogP contribution in [-0.2, 0) is 4.74 Å². The van der Waals surface area contributed by atoms with Gasteiger partial charge in [-0.25, -0.2) is 0 Å². The summed E-state index contributed by atoms with van der Waals surface area (Å²) >= 11 is 0. The van der Waals surface area contributed by atoms with Gasteiger partial charge in [0.1, 0.15) is 6.10 Å². The summed E-state index contributed by atoms with van der Waals surface area (Å²) in [7, 11) is 0. The molecule has 1 N–H and O–H groups in total. The van der Waals surface area contributed by atoms with Gasteiger partial charge in [0.15, 0.2) is 11.5 Å². The lowest BCUT2D eigenvalue weighted by Gasteiger charge is -2.31. The summed E-state index contributed by atoms with van der Waals surface area (Å²) in [5.41, 5.74) is 0.112. The van der Waals surface area contributed by atoms with Crippen molar-refractivity contribution < 1.29 is 19.3 Å². The summed E-state index contributed by atoms with van der Waals surface area (Å²) in [4.78, 5) is 0. The van der Waals surface area contributed by atoms with E-state index in [4.69, 9.17) is 14.2 Å². The summed E-state index contributed by atoms with van der Waals surface area (Å²) < 4.78 is 16.7. The van der Waals surface area contributed by atoms with Crippen LogP contribution in [0.2, 0.25) is 0 Å². The standard InChI is InChI=1S/C16H26O4/c1-6-18-13-10-9-12(11-14(13)19-7-2)15(17)16(4,5)20-8-3/h9-11,15,17H,6-8H2,1-5H3. The first kappa shape index (κ1) is 16.8. The number of hydrogen-bond donors (Lipinski definition) is 1. The van der Waals surface area contributed by atoms with Crippen molar-refractivity contribution in [1.82, 2.24) is 0 Å². The average molecular weight is 282 g/mol. The number of rotatable bonds is 8. The Morgan fingerprint density at radius 3 is 2.15 bits per heavy atom. The van der Waals surface area contributed by atoms with Crippen LogP contribution in [0.4, 0.5) is 0 Å². The van der Waals surface area contributed by atoms with Crippen molar-refractivity contribution >= 4 is 0 Å². The fourth-order valence-electron chi connectivity index (χ4n) is 2.09. The maximum Gasteiger partial charge on any atom is 0.161 e. The van der Waals surface area contributed by atoms with Gasteiger partial charge in [0.25, 0.3) is 0 Å². The summed E-state index contributed by atoms with van der Waals surface area (Å²) in [5, 5.41) is 10.5. The van der Waals surface area contributed by atoms with E-state index in [1.807, 2.05) is 52.8 Å². The number of hydrogen-bond acceptors (Lipinski definition) is 4. The third-order valence-electron chi connectivity index (χ3n) is 3.06. The molecule has 1 aromatic carbocycles. The molecule has 114 valence electrons. The molecule has 0 fully saturated rings. The molecule has 0 heterocycles. The van der Waals surface area contributed by atoms with Crippen molar-refractivity contribution in [2.75, 3.05) is 19.8 Å². The lowest BCUT2D eigenvalue weighted by atomic mass is 9.94. The Labute approximate surface area is 121 Å². The molecule has 0 spiro atoms. The zero-order chi connectivity index (χ0) is 15.2. The fourth-order valence-corrected chi connectivity index (χ4v) is 2.09. The van der Waals surface area contributed by atoms with Gasteiger partial charge in [0.05, 0.1) is 18.8 Å². The number of benzene rings is 1. The third-order valence-corrected chi connectivity index (χ3v) is 3.06. The van der Waals surface area contributed by atoms with Gasteiger partial charge in [-0.05, 0) is 52.3 Å². The topological polar surface area (TPSA) is 47.9 Å². The van der Waals surface area contributed by atoms with Gasteiger partial charge in [-0.1, -0.05) is 6.07 Å². The molecule has 0 amide bonds. The van der Waals surface area contributed by atoms with Crippen LogP contribution < -0.4 is 9.47 Å². The van der Waals surface area contributed by atoms with E-state index >= 15 is 0 Å². The first-order chi connectivity index (χ1) is 9.46. The fraction of sp³-hybridized carbons (Fsp3) is 0.625. The highest BCUT2D eigenvalue weighted by molar-refractivity contribution is 5.44. The summed E-state index contributed by atoms with van der Waals surface area (Å²) in [6, 6.07) is 5.49. The Balaban J connectivity index is 3.04. The molecular formula is C16H26O4. The molecule has 0 aliphatic heterocycles. The molecule has 0 saturated heterocycles. The van der Waals surface area contributed by atoms with Crippen molar-refractivity contribution in [2.24, 2.45) is 0 Å². The van der Waals surface area contributed by atoms with Gasteiger partial charge < -0.3 is 19.3 Å². The largest absolute Gasteiger partial charge is 0.490 e. The van der Waals surface area contributed by atoms with E-state index in [2.05, 4.69) is 0 Å². The lowest BCUT2D eigenvalue weighted by molar-refractivity contribution is -0.0984. The molecule has 4 nitrogen and oxygen atoms in total. The predicted molar refractivity (Wildman–Crippen MR) is 79.4 cm³/mol. The number of aliphatic hydroxyl groups is 1. The molecule has 20 heavy (non-hydrogen) atoms. The van der Waals surface area contributed by atoms with E-state index in [0.29, 0.717) is 31.3 Å². The zero-order valence-corrected chi connectivity index (χ0v) is 13.1. The summed E-state index contributed by atoms with van der Waals surface area (Å²) in [6.45, 7) is 11.2. The van der Waals surface area contributed by atoms with E-state index in [1.54, 1.807) is 0 Å². The van der Waals surface area contributed by atoms with Gasteiger partial charge in [0.2, 0.25) is 0 Å². The van der Waals surface area contributed by atoms with Gasteiger partial charge in [-0.15, -0.1) is 0 Å². The second-order valence-electron chi connectivity index (χ2n) is 5.01. The van der Waals surface area contributed by atoms with Crippen LogP contribution in [0.25, 0.3) is 0 Å². The van der Waals surface area contributed by atoms with Gasteiger partial charge >= 0.3 is 0 Å². The first-order valence-corrected chi connectivity index (χ1v) is 7.17. The van der Waals surface area contributed by atoms with Crippen molar-refractivity contribution in [3.8, 4) is 11.5 Å². The van der Waals surface area contributed by atoms with Crippen LogP contribution in [0.5, 0.6) is 11.5 Å². The monoisotopic (exact) mass is 282 g/mol. The first-order valence-electron chi connectivity index (χ1n) is 7.17. The Hall–Kier alpha value is -1.26. The summed E-state index contributed by atoms with van der Waals surface area (Å²) in [6.07, 6.45) is -0.725. The molecular weight excluding hydrogens is 256 g/mol. The molecule has 0 radical (unpaired) electrons. The molecule has 4 heteroatoms. The molecule has 1 atom stereocenters. The minimum Gasteiger partial charge on any atom is -0.490 e. The van der Waals surface area contributed by atoms with Gasteiger partial charge in [-0.3, -0.25) is 0 Å². The van der Waals surface area contributed by atoms with E-state index in [-0.39, 0.29) is 0 Å². The van der Waals surface area contributed by atoms with E-state index in [1.165, 1.54) is 0 Å². The second-order valence-corrected chi connectivity index (χ2v) is 5.01. The van der Waals surface area contributed by atoms with Crippen LogP contribution in [0.3, 0.4) is 0 Å². The Bertz CT molecular complexity index is 415. The van der Waals surface area contributed by atoms with E-state index in [0.717, 1.165) is 5.56 Å². The summed E-state index contributed by atoms with van der Waals surface area (Å²) in [5.74, 6) is 1.35. The zero-order valence-electron chi connectivity index (χ0n) is 13.1. The second kappa shape index (κ2) is 7.50. The van der Waals surface area contributed by atoms with Crippen LogP contribution in [-0.4, -0.2) is 30.5 Å². The molecule has 1 aromatic rings.